The molecule has 6 nitrogen and oxygen atoms in total. The van der Waals surface area contributed by atoms with E-state index in [2.05, 4.69) is 20.3 Å². The van der Waals surface area contributed by atoms with E-state index >= 15 is 0 Å². The minimum absolute atomic E-state index is 0.668. The van der Waals surface area contributed by atoms with E-state index in [1.807, 2.05) is 30.3 Å². The maximum Gasteiger partial charge on any atom is 0.161 e. The highest BCUT2D eigenvalue weighted by Gasteiger charge is 2.07. The van der Waals surface area contributed by atoms with Crippen molar-refractivity contribution in [2.45, 2.75) is 6.42 Å². The number of pyridine rings is 1. The van der Waals surface area contributed by atoms with Gasteiger partial charge in [0, 0.05) is 24.5 Å². The van der Waals surface area contributed by atoms with E-state index in [0.29, 0.717) is 11.5 Å². The second-order valence-corrected chi connectivity index (χ2v) is 5.39. The van der Waals surface area contributed by atoms with Crippen LogP contribution in [0.2, 0.25) is 0 Å². The zero-order valence-corrected chi connectivity index (χ0v) is 14.3. The monoisotopic (exact) mass is 336 g/mol. The van der Waals surface area contributed by atoms with E-state index in [1.54, 1.807) is 39.0 Å². The molecule has 128 valence electrons. The van der Waals surface area contributed by atoms with Crippen LogP contribution in [0.4, 0.5) is 5.82 Å². The van der Waals surface area contributed by atoms with Gasteiger partial charge >= 0.3 is 0 Å². The SMILES string of the molecule is COc1ccc(-c2cnc(NCCc3ccncc3)cn2)cc1OC. The first kappa shape index (κ1) is 16.7. The third-order valence-electron chi connectivity index (χ3n) is 3.80. The Bertz CT molecular complexity index is 807. The highest BCUT2D eigenvalue weighted by Crippen LogP contribution is 2.31. The molecule has 0 aliphatic heterocycles. The quantitative estimate of drug-likeness (QED) is 0.714. The van der Waals surface area contributed by atoms with Crippen molar-refractivity contribution in [1.29, 1.82) is 0 Å². The molecule has 0 saturated carbocycles. The highest BCUT2D eigenvalue weighted by molar-refractivity contribution is 5.63. The van der Waals surface area contributed by atoms with Crippen LogP contribution < -0.4 is 14.8 Å². The molecule has 0 atom stereocenters. The van der Waals surface area contributed by atoms with E-state index in [-0.39, 0.29) is 0 Å². The largest absolute Gasteiger partial charge is 0.493 e. The summed E-state index contributed by atoms with van der Waals surface area (Å²) in [7, 11) is 3.23. The predicted molar refractivity (Wildman–Crippen MR) is 97.0 cm³/mol. The molecule has 0 fully saturated rings. The maximum atomic E-state index is 5.33. The Balaban J connectivity index is 1.64. The van der Waals surface area contributed by atoms with Crippen LogP contribution in [-0.4, -0.2) is 35.7 Å². The van der Waals surface area contributed by atoms with Gasteiger partial charge in [0.1, 0.15) is 5.82 Å². The molecule has 2 aromatic heterocycles. The Hall–Kier alpha value is -3.15. The molecule has 3 aromatic rings. The Kier molecular flexibility index (Phi) is 5.41. The van der Waals surface area contributed by atoms with Crippen molar-refractivity contribution in [3.63, 3.8) is 0 Å². The Morgan fingerprint density at radius 2 is 1.72 bits per heavy atom. The van der Waals surface area contributed by atoms with Crippen LogP contribution >= 0.6 is 0 Å². The van der Waals surface area contributed by atoms with E-state index in [4.69, 9.17) is 9.47 Å². The van der Waals surface area contributed by atoms with Gasteiger partial charge in [0.15, 0.2) is 11.5 Å². The lowest BCUT2D eigenvalue weighted by atomic mass is 10.1. The summed E-state index contributed by atoms with van der Waals surface area (Å²) in [4.78, 5) is 12.9. The molecule has 0 radical (unpaired) electrons. The van der Waals surface area contributed by atoms with Gasteiger partial charge in [-0.25, -0.2) is 4.98 Å². The fourth-order valence-corrected chi connectivity index (χ4v) is 2.45. The standard InChI is InChI=1S/C19H20N4O2/c1-24-17-4-3-15(11-18(17)25-2)16-12-23-19(13-22-16)21-10-7-14-5-8-20-9-6-14/h3-6,8-9,11-13H,7,10H2,1-2H3,(H,21,23). The summed E-state index contributed by atoms with van der Waals surface area (Å²) in [6, 6.07) is 9.69. The van der Waals surface area contributed by atoms with Crippen molar-refractivity contribution >= 4 is 5.82 Å². The Labute approximate surface area is 146 Å². The number of benzene rings is 1. The van der Waals surface area contributed by atoms with Gasteiger partial charge in [-0.15, -0.1) is 0 Å². The summed E-state index contributed by atoms with van der Waals surface area (Å²) in [6.07, 6.45) is 7.98. The minimum Gasteiger partial charge on any atom is -0.493 e. The molecule has 0 unspecified atom stereocenters. The number of anilines is 1. The van der Waals surface area contributed by atoms with E-state index in [1.165, 1.54) is 5.56 Å². The molecule has 0 bridgehead atoms. The molecule has 1 N–H and O–H groups in total. The highest BCUT2D eigenvalue weighted by atomic mass is 16.5. The van der Waals surface area contributed by atoms with Crippen LogP contribution in [0.15, 0.2) is 55.1 Å². The molecular formula is C19H20N4O2. The maximum absolute atomic E-state index is 5.33. The normalized spacial score (nSPS) is 10.3. The third kappa shape index (κ3) is 4.23. The number of aromatic nitrogens is 3. The summed E-state index contributed by atoms with van der Waals surface area (Å²) < 4.78 is 10.6. The molecule has 0 saturated heterocycles. The lowest BCUT2D eigenvalue weighted by Crippen LogP contribution is -2.06. The summed E-state index contributed by atoms with van der Waals surface area (Å²) in [6.45, 7) is 0.786. The average molecular weight is 336 g/mol. The van der Waals surface area contributed by atoms with Crippen molar-refractivity contribution in [2.24, 2.45) is 0 Å². The summed E-state index contributed by atoms with van der Waals surface area (Å²) >= 11 is 0. The molecule has 2 heterocycles. The van der Waals surface area contributed by atoms with Crippen molar-refractivity contribution < 1.29 is 9.47 Å². The van der Waals surface area contributed by atoms with Crippen molar-refractivity contribution in [3.8, 4) is 22.8 Å². The van der Waals surface area contributed by atoms with Gasteiger partial charge in [0.2, 0.25) is 0 Å². The summed E-state index contributed by atoms with van der Waals surface area (Å²) in [5, 5.41) is 3.27. The van der Waals surface area contributed by atoms with Gasteiger partial charge in [0.25, 0.3) is 0 Å². The van der Waals surface area contributed by atoms with Crippen molar-refractivity contribution in [2.75, 3.05) is 26.1 Å². The number of hydrogen-bond acceptors (Lipinski definition) is 6. The second kappa shape index (κ2) is 8.10. The van der Waals surface area contributed by atoms with Crippen LogP contribution in [0.1, 0.15) is 5.56 Å². The Morgan fingerprint density at radius 1 is 0.920 bits per heavy atom. The van der Waals surface area contributed by atoms with Gasteiger partial charge < -0.3 is 14.8 Å². The predicted octanol–water partition coefficient (Wildman–Crippen LogP) is 3.21. The van der Waals surface area contributed by atoms with Crippen LogP contribution in [0.25, 0.3) is 11.3 Å². The third-order valence-corrected chi connectivity index (χ3v) is 3.80. The fraction of sp³-hybridized carbons (Fsp3) is 0.211. The number of nitrogens with zero attached hydrogens (tertiary/aromatic N) is 3. The van der Waals surface area contributed by atoms with E-state index < -0.39 is 0 Å². The number of methoxy groups -OCH3 is 2. The van der Waals surface area contributed by atoms with Gasteiger partial charge in [-0.3, -0.25) is 9.97 Å². The summed E-state index contributed by atoms with van der Waals surface area (Å²) in [5.41, 5.74) is 2.94. The van der Waals surface area contributed by atoms with Crippen molar-refractivity contribution in [3.05, 3.63) is 60.7 Å². The number of ether oxygens (including phenoxy) is 2. The zero-order chi connectivity index (χ0) is 17.5. The van der Waals surface area contributed by atoms with Gasteiger partial charge in [-0.2, -0.15) is 0 Å². The van der Waals surface area contributed by atoms with Crippen molar-refractivity contribution in [1.82, 2.24) is 15.0 Å². The zero-order valence-electron chi connectivity index (χ0n) is 14.3. The smallest absolute Gasteiger partial charge is 0.161 e. The summed E-state index contributed by atoms with van der Waals surface area (Å²) in [5.74, 6) is 2.10. The molecule has 6 heteroatoms. The first-order valence-electron chi connectivity index (χ1n) is 7.97. The van der Waals surface area contributed by atoms with Gasteiger partial charge in [0.05, 0.1) is 32.3 Å². The topological polar surface area (TPSA) is 69.2 Å². The Morgan fingerprint density at radius 3 is 2.40 bits per heavy atom. The molecular weight excluding hydrogens is 316 g/mol. The van der Waals surface area contributed by atoms with E-state index in [9.17, 15) is 0 Å². The molecule has 0 aliphatic carbocycles. The molecule has 0 amide bonds. The lowest BCUT2D eigenvalue weighted by Gasteiger charge is -2.10. The molecule has 0 spiro atoms. The molecule has 1 aromatic carbocycles. The van der Waals surface area contributed by atoms with Crippen LogP contribution in [0.3, 0.4) is 0 Å². The van der Waals surface area contributed by atoms with Gasteiger partial charge in [-0.1, -0.05) is 0 Å². The first-order valence-corrected chi connectivity index (χ1v) is 7.97. The number of hydrogen-bond donors (Lipinski definition) is 1. The van der Waals surface area contributed by atoms with Crippen LogP contribution in [0, 0.1) is 0 Å². The lowest BCUT2D eigenvalue weighted by molar-refractivity contribution is 0.355. The van der Waals surface area contributed by atoms with Gasteiger partial charge in [-0.05, 0) is 42.3 Å². The molecule has 25 heavy (non-hydrogen) atoms. The fourth-order valence-electron chi connectivity index (χ4n) is 2.45. The average Bonchev–Trinajstić information content (AvgIpc) is 2.69. The number of rotatable bonds is 7. The van der Waals surface area contributed by atoms with Crippen LogP contribution in [0.5, 0.6) is 11.5 Å². The second-order valence-electron chi connectivity index (χ2n) is 5.39. The molecule has 0 aliphatic rings. The van der Waals surface area contributed by atoms with Crippen LogP contribution in [-0.2, 0) is 6.42 Å². The first-order chi connectivity index (χ1) is 12.3. The minimum atomic E-state index is 0.668. The molecule has 3 rings (SSSR count). The van der Waals surface area contributed by atoms with E-state index in [0.717, 1.165) is 30.0 Å². The number of nitrogens with one attached hydrogen (secondary N) is 1.